The molecule has 112 valence electrons. The number of hydrazone groups is 1. The molecule has 1 fully saturated rings. The molecule has 0 saturated heterocycles. The maximum Gasteiger partial charge on any atom is 0.155 e. The average Bonchev–Trinajstić information content (AvgIpc) is 3.19. The Bertz CT molecular complexity index is 779. The van der Waals surface area contributed by atoms with Crippen LogP contribution in [0.5, 0.6) is 0 Å². The Balaban J connectivity index is 1.67. The van der Waals surface area contributed by atoms with Crippen molar-refractivity contribution in [1.82, 2.24) is 9.99 Å². The summed E-state index contributed by atoms with van der Waals surface area (Å²) in [5.41, 5.74) is 2.54. The number of thiazole rings is 1. The van der Waals surface area contributed by atoms with Gasteiger partial charge in [0.15, 0.2) is 5.84 Å². The number of nitrogens with one attached hydrogen (secondary N) is 1. The van der Waals surface area contributed by atoms with Gasteiger partial charge in [-0.3, -0.25) is 5.41 Å². The van der Waals surface area contributed by atoms with E-state index in [2.05, 4.69) is 10.1 Å². The van der Waals surface area contributed by atoms with Crippen molar-refractivity contribution in [3.05, 3.63) is 35.0 Å². The molecular weight excluding hydrogens is 296 g/mol. The van der Waals surface area contributed by atoms with E-state index in [9.17, 15) is 5.11 Å². The normalized spacial score (nSPS) is 18.8. The van der Waals surface area contributed by atoms with Gasteiger partial charge in [0.2, 0.25) is 0 Å². The molecule has 22 heavy (non-hydrogen) atoms. The van der Waals surface area contributed by atoms with Crippen LogP contribution in [0.3, 0.4) is 0 Å². The summed E-state index contributed by atoms with van der Waals surface area (Å²) in [6.07, 6.45) is 4.34. The Hall–Kier alpha value is -2.21. The topological polar surface area (TPSA) is 72.6 Å². The van der Waals surface area contributed by atoms with E-state index in [0.29, 0.717) is 10.6 Å². The molecule has 1 saturated carbocycles. The van der Waals surface area contributed by atoms with E-state index in [0.717, 1.165) is 28.8 Å². The highest BCUT2D eigenvalue weighted by atomic mass is 32.1. The van der Waals surface area contributed by atoms with E-state index in [1.165, 1.54) is 24.2 Å². The van der Waals surface area contributed by atoms with Crippen LogP contribution in [0.4, 0.5) is 0 Å². The molecule has 0 unspecified atom stereocenters. The summed E-state index contributed by atoms with van der Waals surface area (Å²) in [6.45, 7) is 0.271. The minimum Gasteiger partial charge on any atom is -0.509 e. The molecule has 5 nitrogen and oxygen atoms in total. The number of nitrogens with zero attached hydrogens (tertiary/aromatic N) is 3. The summed E-state index contributed by atoms with van der Waals surface area (Å²) in [7, 11) is 0. The van der Waals surface area contributed by atoms with Gasteiger partial charge in [-0.1, -0.05) is 12.1 Å². The minimum absolute atomic E-state index is 0.186. The van der Waals surface area contributed by atoms with Gasteiger partial charge in [0.05, 0.1) is 15.8 Å². The van der Waals surface area contributed by atoms with Crippen molar-refractivity contribution in [3.63, 3.8) is 0 Å². The molecule has 6 heteroatoms. The van der Waals surface area contributed by atoms with E-state index in [1.54, 1.807) is 5.01 Å². The van der Waals surface area contributed by atoms with Gasteiger partial charge in [0.25, 0.3) is 0 Å². The van der Waals surface area contributed by atoms with E-state index < -0.39 is 0 Å². The third kappa shape index (κ3) is 2.20. The van der Waals surface area contributed by atoms with Crippen LogP contribution in [0.2, 0.25) is 0 Å². The van der Waals surface area contributed by atoms with Crippen molar-refractivity contribution >= 4 is 38.7 Å². The second-order valence-electron chi connectivity index (χ2n) is 5.59. The van der Waals surface area contributed by atoms with Crippen LogP contribution in [-0.2, 0) is 0 Å². The van der Waals surface area contributed by atoms with Gasteiger partial charge < -0.3 is 5.11 Å². The Kier molecular flexibility index (Phi) is 3.18. The monoisotopic (exact) mass is 312 g/mol. The number of hydrogen-bond acceptors (Lipinski definition) is 5. The summed E-state index contributed by atoms with van der Waals surface area (Å²) in [5.74, 6) is 0.433. The Morgan fingerprint density at radius 2 is 2.00 bits per heavy atom. The molecule has 1 aliphatic carbocycles. The number of benzene rings is 1. The van der Waals surface area contributed by atoms with E-state index in [1.807, 2.05) is 24.3 Å². The van der Waals surface area contributed by atoms with E-state index in [4.69, 9.17) is 5.41 Å². The molecule has 1 aromatic heterocycles. The number of hydrogen-bond donors (Lipinski definition) is 2. The zero-order chi connectivity index (χ0) is 15.1. The molecule has 2 aliphatic rings. The van der Waals surface area contributed by atoms with Crippen LogP contribution in [0.25, 0.3) is 15.8 Å². The molecule has 2 aromatic rings. The lowest BCUT2D eigenvalue weighted by molar-refractivity contribution is 0.357. The number of para-hydroxylation sites is 1. The van der Waals surface area contributed by atoms with Crippen LogP contribution >= 0.6 is 11.3 Å². The van der Waals surface area contributed by atoms with Crippen molar-refractivity contribution in [2.75, 3.05) is 6.54 Å². The predicted octanol–water partition coefficient (Wildman–Crippen LogP) is 3.79. The second-order valence-corrected chi connectivity index (χ2v) is 6.62. The minimum atomic E-state index is 0.186. The van der Waals surface area contributed by atoms with Crippen LogP contribution in [0, 0.1) is 5.41 Å². The van der Waals surface area contributed by atoms with Crippen LogP contribution < -0.4 is 0 Å². The third-order valence-corrected chi connectivity index (χ3v) is 5.09. The van der Waals surface area contributed by atoms with Crippen LogP contribution in [0.15, 0.2) is 35.1 Å². The summed E-state index contributed by atoms with van der Waals surface area (Å²) in [5, 5.41) is 25.4. The SMILES string of the molecule is N=C1C(c2nc3ccccc3s2)=C(O)CN1N=C1CCCC1. The zero-order valence-electron chi connectivity index (χ0n) is 12.0. The Morgan fingerprint density at radius 1 is 1.23 bits per heavy atom. The van der Waals surface area contributed by atoms with Crippen LogP contribution in [0.1, 0.15) is 30.7 Å². The summed E-state index contributed by atoms with van der Waals surface area (Å²) >= 11 is 1.50. The summed E-state index contributed by atoms with van der Waals surface area (Å²) in [6, 6.07) is 7.86. The quantitative estimate of drug-likeness (QED) is 0.886. The second kappa shape index (κ2) is 5.21. The molecule has 4 rings (SSSR count). The maximum absolute atomic E-state index is 10.3. The lowest BCUT2D eigenvalue weighted by Crippen LogP contribution is -2.22. The van der Waals surface area contributed by atoms with Crippen molar-refractivity contribution in [2.45, 2.75) is 25.7 Å². The first-order valence-corrected chi connectivity index (χ1v) is 8.25. The molecule has 1 aromatic carbocycles. The third-order valence-electron chi connectivity index (χ3n) is 4.03. The Morgan fingerprint density at radius 3 is 2.77 bits per heavy atom. The average molecular weight is 312 g/mol. The maximum atomic E-state index is 10.3. The highest BCUT2D eigenvalue weighted by Gasteiger charge is 2.31. The van der Waals surface area contributed by atoms with Crippen molar-refractivity contribution < 1.29 is 5.11 Å². The lowest BCUT2D eigenvalue weighted by Gasteiger charge is -2.12. The number of rotatable bonds is 2. The first-order valence-electron chi connectivity index (χ1n) is 7.43. The zero-order valence-corrected chi connectivity index (χ0v) is 12.9. The molecule has 0 atom stereocenters. The van der Waals surface area contributed by atoms with Crippen molar-refractivity contribution in [3.8, 4) is 0 Å². The molecule has 1 aliphatic heterocycles. The first kappa shape index (κ1) is 13.5. The molecule has 0 radical (unpaired) electrons. The fourth-order valence-electron chi connectivity index (χ4n) is 2.91. The summed E-state index contributed by atoms with van der Waals surface area (Å²) in [4.78, 5) is 4.55. The van der Waals surface area contributed by atoms with Gasteiger partial charge in [-0.05, 0) is 37.8 Å². The van der Waals surface area contributed by atoms with Gasteiger partial charge in [0.1, 0.15) is 17.3 Å². The van der Waals surface area contributed by atoms with Gasteiger partial charge in [-0.15, -0.1) is 11.3 Å². The first-order chi connectivity index (χ1) is 10.7. The number of aliphatic hydroxyl groups is 1. The smallest absolute Gasteiger partial charge is 0.155 e. The van der Waals surface area contributed by atoms with Gasteiger partial charge >= 0.3 is 0 Å². The van der Waals surface area contributed by atoms with Crippen LogP contribution in [-0.4, -0.2) is 33.2 Å². The molecule has 0 amide bonds. The van der Waals surface area contributed by atoms with E-state index in [-0.39, 0.29) is 18.1 Å². The Labute approximate surface area is 132 Å². The number of aliphatic hydroxyl groups excluding tert-OH is 1. The molecular formula is C16H16N4OS. The number of fused-ring (bicyclic) bond motifs is 1. The lowest BCUT2D eigenvalue weighted by atomic mass is 10.2. The number of amidine groups is 1. The van der Waals surface area contributed by atoms with Gasteiger partial charge in [0, 0.05) is 5.71 Å². The molecule has 0 bridgehead atoms. The van der Waals surface area contributed by atoms with Gasteiger partial charge in [-0.2, -0.15) is 5.10 Å². The fourth-order valence-corrected chi connectivity index (χ4v) is 3.94. The molecule has 0 spiro atoms. The fraction of sp³-hybridized carbons (Fsp3) is 0.312. The number of aromatic nitrogens is 1. The highest BCUT2D eigenvalue weighted by Crippen LogP contribution is 2.33. The summed E-state index contributed by atoms with van der Waals surface area (Å²) < 4.78 is 1.06. The highest BCUT2D eigenvalue weighted by molar-refractivity contribution is 7.19. The van der Waals surface area contributed by atoms with Crippen molar-refractivity contribution in [2.24, 2.45) is 5.10 Å². The van der Waals surface area contributed by atoms with E-state index >= 15 is 0 Å². The standard InChI is InChI=1S/C16H16N4OS/c17-15-14(16-18-11-7-3-4-8-13(11)22-16)12(21)9-20(15)19-10-5-1-2-6-10/h3-4,7-8,17,21H,1-2,5-6,9H2. The van der Waals surface area contributed by atoms with Gasteiger partial charge in [-0.25, -0.2) is 9.99 Å². The predicted molar refractivity (Wildman–Crippen MR) is 89.5 cm³/mol. The largest absolute Gasteiger partial charge is 0.509 e. The molecule has 2 N–H and O–H groups in total. The van der Waals surface area contributed by atoms with Crippen molar-refractivity contribution in [1.29, 1.82) is 5.41 Å². The molecule has 2 heterocycles.